The number of amides is 2. The van der Waals surface area contributed by atoms with E-state index in [0.717, 1.165) is 7.11 Å². The number of nitrogens with two attached hydrogens (primary N) is 1. The zero-order chi connectivity index (χ0) is 16.2. The average Bonchev–Trinajstić information content (AvgIpc) is 2.42. The second-order valence-corrected chi connectivity index (χ2v) is 5.35. The fourth-order valence-corrected chi connectivity index (χ4v) is 2.33. The molecule has 0 bridgehead atoms. The first-order chi connectivity index (χ1) is 9.76. The number of methoxy groups -OCH3 is 1. The summed E-state index contributed by atoms with van der Waals surface area (Å²) in [5.74, 6) is -1.10. The number of quaternary nitrogens is 1. The van der Waals surface area contributed by atoms with Gasteiger partial charge in [-0.3, -0.25) is 10.1 Å². The number of carbonyl (C=O) groups excluding carboxylic acids is 2. The van der Waals surface area contributed by atoms with Crippen LogP contribution in [0, 0.1) is 5.82 Å². The number of imide groups is 1. The van der Waals surface area contributed by atoms with Crippen LogP contribution in [0.3, 0.4) is 0 Å². The molecule has 21 heavy (non-hydrogen) atoms. The second-order valence-electron chi connectivity index (χ2n) is 4.54. The van der Waals surface area contributed by atoms with Crippen LogP contribution in [-0.2, 0) is 9.53 Å². The van der Waals surface area contributed by atoms with Gasteiger partial charge >= 0.3 is 6.09 Å². The first-order valence-corrected chi connectivity index (χ1v) is 6.90. The van der Waals surface area contributed by atoms with Gasteiger partial charge in [0.1, 0.15) is 11.9 Å². The van der Waals surface area contributed by atoms with Crippen molar-refractivity contribution in [3.63, 3.8) is 0 Å². The molecule has 0 fully saturated rings. The standard InChI is InChI=1S/C13H15Cl2FN2O3/c1-6(8-4-11(16)10(15)5-9(8)14)17-7(2)12(19)18-13(20)21-3/h4-7,17H,1-3H3,(H,18,19,20)/p+1/t6-,7+/m1/s1. The first-order valence-electron chi connectivity index (χ1n) is 6.14. The monoisotopic (exact) mass is 337 g/mol. The molecule has 1 rings (SSSR count). The number of hydrogen-bond acceptors (Lipinski definition) is 3. The van der Waals surface area contributed by atoms with Gasteiger partial charge in [-0.25, -0.2) is 9.18 Å². The Morgan fingerprint density at radius 1 is 1.29 bits per heavy atom. The molecule has 116 valence electrons. The summed E-state index contributed by atoms with van der Waals surface area (Å²) >= 11 is 11.7. The number of ether oxygens (including phenoxy) is 1. The first kappa shape index (κ1) is 17.7. The summed E-state index contributed by atoms with van der Waals surface area (Å²) in [7, 11) is 1.16. The topological polar surface area (TPSA) is 72.0 Å². The summed E-state index contributed by atoms with van der Waals surface area (Å²) in [5, 5.41) is 3.96. The Balaban J connectivity index is 2.77. The quantitative estimate of drug-likeness (QED) is 0.825. The minimum atomic E-state index is -0.830. The van der Waals surface area contributed by atoms with Gasteiger partial charge in [0, 0.05) is 5.56 Å². The van der Waals surface area contributed by atoms with Crippen LogP contribution in [0.5, 0.6) is 0 Å². The fraction of sp³-hybridized carbons (Fsp3) is 0.385. The maximum atomic E-state index is 13.5. The van der Waals surface area contributed by atoms with Gasteiger partial charge < -0.3 is 10.1 Å². The highest BCUT2D eigenvalue weighted by Gasteiger charge is 2.24. The lowest BCUT2D eigenvalue weighted by Gasteiger charge is -2.17. The maximum absolute atomic E-state index is 13.5. The molecule has 2 amide bonds. The van der Waals surface area contributed by atoms with Gasteiger partial charge in [0.2, 0.25) is 0 Å². The van der Waals surface area contributed by atoms with Crippen molar-refractivity contribution in [1.82, 2.24) is 5.32 Å². The largest absolute Gasteiger partial charge is 0.453 e. The van der Waals surface area contributed by atoms with Gasteiger partial charge in [-0.2, -0.15) is 0 Å². The van der Waals surface area contributed by atoms with Crippen LogP contribution in [0.25, 0.3) is 0 Å². The molecule has 8 heteroatoms. The molecule has 0 unspecified atom stereocenters. The normalized spacial score (nSPS) is 13.4. The highest BCUT2D eigenvalue weighted by molar-refractivity contribution is 6.35. The zero-order valence-electron chi connectivity index (χ0n) is 11.7. The minimum Gasteiger partial charge on any atom is -0.453 e. The molecule has 0 aliphatic carbocycles. The Morgan fingerprint density at radius 3 is 2.48 bits per heavy atom. The van der Waals surface area contributed by atoms with E-state index in [4.69, 9.17) is 23.2 Å². The molecular weight excluding hydrogens is 322 g/mol. The highest BCUT2D eigenvalue weighted by atomic mass is 35.5. The molecule has 0 aliphatic heterocycles. The van der Waals surface area contributed by atoms with Crippen molar-refractivity contribution in [1.29, 1.82) is 0 Å². The summed E-state index contributed by atoms with van der Waals surface area (Å²) in [6.07, 6.45) is -0.830. The Bertz CT molecular complexity index is 554. The SMILES string of the molecule is COC(=O)NC(=O)[C@H](C)[NH2+][C@H](C)c1cc(F)c(Cl)cc1Cl. The molecule has 0 saturated heterocycles. The van der Waals surface area contributed by atoms with Crippen LogP contribution in [-0.4, -0.2) is 25.2 Å². The van der Waals surface area contributed by atoms with Gasteiger partial charge in [0.05, 0.1) is 17.2 Å². The van der Waals surface area contributed by atoms with Crippen molar-refractivity contribution in [3.05, 3.63) is 33.6 Å². The van der Waals surface area contributed by atoms with Crippen LogP contribution in [0.2, 0.25) is 10.0 Å². The molecule has 0 radical (unpaired) electrons. The van der Waals surface area contributed by atoms with Crippen molar-refractivity contribution in [2.75, 3.05) is 7.11 Å². The Morgan fingerprint density at radius 2 is 1.90 bits per heavy atom. The molecule has 2 atom stereocenters. The molecule has 3 N–H and O–H groups in total. The summed E-state index contributed by atoms with van der Waals surface area (Å²) in [6, 6.07) is 1.66. The third-order valence-electron chi connectivity index (χ3n) is 2.93. The number of benzene rings is 1. The van der Waals surface area contributed by atoms with Gasteiger partial charge in [-0.05, 0) is 26.0 Å². The third kappa shape index (κ3) is 4.84. The Hall–Kier alpha value is -1.37. The molecule has 0 spiro atoms. The summed E-state index contributed by atoms with van der Waals surface area (Å²) in [5.41, 5.74) is 0.510. The van der Waals surface area contributed by atoms with Gasteiger partial charge in [0.25, 0.3) is 5.91 Å². The van der Waals surface area contributed by atoms with E-state index in [1.165, 1.54) is 12.1 Å². The predicted octanol–water partition coefficient (Wildman–Crippen LogP) is 2.03. The average molecular weight is 338 g/mol. The summed E-state index contributed by atoms with van der Waals surface area (Å²) in [6.45, 7) is 3.37. The lowest BCUT2D eigenvalue weighted by Crippen LogP contribution is -2.92. The maximum Gasteiger partial charge on any atom is 0.413 e. The lowest BCUT2D eigenvalue weighted by atomic mass is 10.1. The summed E-state index contributed by atoms with van der Waals surface area (Å²) in [4.78, 5) is 22.7. The third-order valence-corrected chi connectivity index (χ3v) is 3.55. The Kier molecular flexibility index (Phi) is 6.39. The molecule has 0 saturated carbocycles. The van der Waals surface area contributed by atoms with Crippen molar-refractivity contribution < 1.29 is 24.0 Å². The number of carbonyl (C=O) groups is 2. The highest BCUT2D eigenvalue weighted by Crippen LogP contribution is 2.27. The van der Waals surface area contributed by atoms with E-state index < -0.39 is 23.9 Å². The van der Waals surface area contributed by atoms with E-state index in [2.05, 4.69) is 10.1 Å². The van der Waals surface area contributed by atoms with Crippen molar-refractivity contribution >= 4 is 35.2 Å². The van der Waals surface area contributed by atoms with Crippen molar-refractivity contribution in [3.8, 4) is 0 Å². The number of nitrogens with one attached hydrogen (secondary N) is 1. The van der Waals surface area contributed by atoms with E-state index in [0.29, 0.717) is 10.6 Å². The molecule has 1 aromatic rings. The second kappa shape index (κ2) is 7.59. The predicted molar refractivity (Wildman–Crippen MR) is 76.8 cm³/mol. The van der Waals surface area contributed by atoms with Crippen LogP contribution in [0.1, 0.15) is 25.5 Å². The number of alkyl carbamates (subject to hydrolysis) is 1. The zero-order valence-corrected chi connectivity index (χ0v) is 13.3. The number of hydrogen-bond donors (Lipinski definition) is 2. The van der Waals surface area contributed by atoms with Gasteiger partial charge in [-0.15, -0.1) is 0 Å². The molecule has 0 aromatic heterocycles. The molecule has 0 aliphatic rings. The smallest absolute Gasteiger partial charge is 0.413 e. The molecule has 0 heterocycles. The van der Waals surface area contributed by atoms with E-state index in [1.807, 2.05) is 0 Å². The molecule has 5 nitrogen and oxygen atoms in total. The van der Waals surface area contributed by atoms with Crippen LogP contribution in [0.15, 0.2) is 12.1 Å². The van der Waals surface area contributed by atoms with E-state index in [1.54, 1.807) is 19.2 Å². The van der Waals surface area contributed by atoms with Gasteiger partial charge in [-0.1, -0.05) is 23.2 Å². The summed E-state index contributed by atoms with van der Waals surface area (Å²) < 4.78 is 17.8. The van der Waals surface area contributed by atoms with Crippen LogP contribution < -0.4 is 10.6 Å². The minimum absolute atomic E-state index is 0.0626. The number of halogens is 3. The van der Waals surface area contributed by atoms with Crippen LogP contribution in [0.4, 0.5) is 9.18 Å². The van der Waals surface area contributed by atoms with Crippen LogP contribution >= 0.6 is 23.2 Å². The van der Waals surface area contributed by atoms with E-state index in [-0.39, 0.29) is 11.1 Å². The molecule has 1 aromatic carbocycles. The van der Waals surface area contributed by atoms with Crippen molar-refractivity contribution in [2.45, 2.75) is 25.9 Å². The Labute approximate surface area is 131 Å². The van der Waals surface area contributed by atoms with E-state index in [9.17, 15) is 14.0 Å². The van der Waals surface area contributed by atoms with E-state index >= 15 is 0 Å². The van der Waals surface area contributed by atoms with Crippen molar-refractivity contribution in [2.24, 2.45) is 0 Å². The van der Waals surface area contributed by atoms with Gasteiger partial charge in [0.15, 0.2) is 6.04 Å². The molecular formula is C13H16Cl2FN2O3+. The number of rotatable bonds is 4. The lowest BCUT2D eigenvalue weighted by molar-refractivity contribution is -0.710. The fourth-order valence-electron chi connectivity index (χ4n) is 1.78.